The topological polar surface area (TPSA) is 15.9 Å². The Balaban J connectivity index is -0.00000122. The van der Waals surface area contributed by atoms with Gasteiger partial charge in [0.25, 0.3) is 0 Å². The van der Waals surface area contributed by atoms with Crippen LogP contribution in [0.3, 0.4) is 0 Å². The first kappa shape index (κ1) is 47.6. The number of rotatable bonds is 0. The van der Waals surface area contributed by atoms with Gasteiger partial charge in [0.05, 0.1) is 27.7 Å². The third-order valence-corrected chi connectivity index (χ3v) is 7.80. The molecule has 40 heavy (non-hydrogen) atoms. The summed E-state index contributed by atoms with van der Waals surface area (Å²) >= 11 is 0. The Hall–Kier alpha value is 3.22. The van der Waals surface area contributed by atoms with Crippen molar-refractivity contribution in [2.75, 3.05) is 0 Å². The Labute approximate surface area is 392 Å². The van der Waals surface area contributed by atoms with Crippen LogP contribution in [0.5, 0.6) is 0 Å². The first-order valence-corrected chi connectivity index (χ1v) is 11.3. The Morgan fingerprint density at radius 3 is 1.40 bits per heavy atom. The molecule has 10 heteroatoms. The smallest absolute Gasteiger partial charge is 0.358 e. The summed E-state index contributed by atoms with van der Waals surface area (Å²) in [7, 11) is 0. The molecule has 6 radical (unpaired) electrons. The van der Waals surface area contributed by atoms with Gasteiger partial charge in [0, 0.05) is 232 Å². The van der Waals surface area contributed by atoms with Gasteiger partial charge < -0.3 is 22.3 Å². The summed E-state index contributed by atoms with van der Waals surface area (Å²) in [5.41, 5.74) is 13.2. The van der Waals surface area contributed by atoms with Crippen LogP contribution in [0.4, 0.5) is 0 Å². The van der Waals surface area contributed by atoms with E-state index in [4.69, 9.17) is 0 Å². The third kappa shape index (κ3) is 5.39. The van der Waals surface area contributed by atoms with E-state index in [1.807, 2.05) is 13.8 Å². The second-order valence-electron chi connectivity index (χ2n) is 8.86. The van der Waals surface area contributed by atoms with E-state index in [1.165, 1.54) is 67.2 Å². The summed E-state index contributed by atoms with van der Waals surface area (Å²) in [4.78, 5) is 0. The van der Waals surface area contributed by atoms with Gasteiger partial charge in [-0.15, -0.1) is 0 Å². The van der Waals surface area contributed by atoms with Crippen LogP contribution in [0, 0.1) is 22.3 Å². The van der Waals surface area contributed by atoms with E-state index >= 15 is 0 Å². The molecule has 0 bridgehead atoms. The molecule has 0 aromatic carbocycles. The SMILES string of the molecule is CC.CC1=C2C=CC3=[N+]2C24n5c(ccc5C(C)=c5ccc(n52)=C3C)C(C)=C2C=CC1=[N+]24.[CH3-].[CH3-].[CH3-].[Y].[Y].[Y].[Y].[Y].[Y]. The molecule has 2 aromatic rings. The van der Waals surface area contributed by atoms with Gasteiger partial charge in [-0.1, -0.05) is 23.0 Å². The first-order chi connectivity index (χ1) is 15.1. The molecule has 1 atom stereocenters. The molecule has 8 rings (SSSR count). The molecular weight excluding hydrogens is 950 g/mol. The van der Waals surface area contributed by atoms with Crippen LogP contribution >= 0.6 is 0 Å². The van der Waals surface area contributed by atoms with Crippen LogP contribution in [-0.4, -0.2) is 29.7 Å². The number of aromatic nitrogens is 2. The molecule has 1 unspecified atom stereocenters. The van der Waals surface area contributed by atoms with E-state index in [-0.39, 0.29) is 219 Å². The van der Waals surface area contributed by atoms with E-state index in [0.717, 1.165) is 0 Å². The van der Waals surface area contributed by atoms with Gasteiger partial charge in [-0.2, -0.15) is 9.13 Å². The number of hydrogen-bond acceptors (Lipinski definition) is 0. The zero-order valence-electron chi connectivity index (χ0n) is 25.4. The summed E-state index contributed by atoms with van der Waals surface area (Å²) in [6.07, 6.45) is 9.24. The van der Waals surface area contributed by atoms with Crippen LogP contribution in [0.15, 0.2) is 65.5 Å². The molecule has 0 fully saturated rings. The molecule has 0 saturated carbocycles. The number of hydrogen-bond donors (Lipinski definition) is 0. The van der Waals surface area contributed by atoms with Gasteiger partial charge in [0.2, 0.25) is 22.8 Å². The zero-order valence-corrected chi connectivity index (χ0v) is 42.4. The predicted molar refractivity (Wildman–Crippen MR) is 143 cm³/mol. The minimum Gasteiger partial charge on any atom is -0.358 e. The quantitative estimate of drug-likeness (QED) is 0.272. The predicted octanol–water partition coefficient (Wildman–Crippen LogP) is 4.56. The normalized spacial score (nSPS) is 19.4. The molecule has 6 aliphatic rings. The average molecular weight is 985 g/mol. The number of nitrogens with zero attached hydrogens (tertiary/aromatic N) is 4. The fourth-order valence-corrected chi connectivity index (χ4v) is 6.51. The maximum atomic E-state index is 2.58. The van der Waals surface area contributed by atoms with Crippen molar-refractivity contribution in [3.8, 4) is 0 Å². The van der Waals surface area contributed by atoms with Gasteiger partial charge >= 0.3 is 5.91 Å². The maximum absolute atomic E-state index is 2.58. The Bertz CT molecular complexity index is 1640. The second kappa shape index (κ2) is 16.9. The monoisotopic (exact) mass is 985 g/mol. The molecule has 1 spiro atoms. The Morgan fingerprint density at radius 2 is 0.900 bits per heavy atom. The average Bonchev–Trinajstić information content (AvgIpc) is 3.57. The van der Waals surface area contributed by atoms with Crippen LogP contribution in [-0.2, 0) is 202 Å². The van der Waals surface area contributed by atoms with Crippen molar-refractivity contribution in [2.24, 2.45) is 0 Å². The molecule has 2 aromatic heterocycles. The summed E-state index contributed by atoms with van der Waals surface area (Å²) in [6, 6.07) is 9.24. The second-order valence-corrected chi connectivity index (χ2v) is 8.86. The van der Waals surface area contributed by atoms with Crippen molar-refractivity contribution in [2.45, 2.75) is 47.5 Å². The van der Waals surface area contributed by atoms with Gasteiger partial charge in [-0.3, -0.25) is 0 Å². The molecule has 0 aliphatic carbocycles. The summed E-state index contributed by atoms with van der Waals surface area (Å²) in [5, 5.41) is 2.62. The molecule has 0 saturated heterocycles. The van der Waals surface area contributed by atoms with Gasteiger partial charge in [-0.25, -0.2) is 0 Å². The summed E-state index contributed by atoms with van der Waals surface area (Å²) in [6.45, 7) is 13.1. The van der Waals surface area contributed by atoms with E-state index in [9.17, 15) is 0 Å². The van der Waals surface area contributed by atoms with Crippen molar-refractivity contribution in [1.82, 2.24) is 9.13 Å². The third-order valence-electron chi connectivity index (χ3n) is 7.80. The minimum atomic E-state index is -0.470. The molecular formula is C30H35N4Y6-. The molecule has 4 nitrogen and oxygen atoms in total. The minimum absolute atomic E-state index is 0. The fraction of sp³-hybridized carbons (Fsp3) is 0.233. The Kier molecular flexibility index (Phi) is 20.1. The first-order valence-electron chi connectivity index (χ1n) is 11.3. The van der Waals surface area contributed by atoms with Crippen molar-refractivity contribution in [3.63, 3.8) is 0 Å². The van der Waals surface area contributed by atoms with Gasteiger partial charge in [0.1, 0.15) is 0 Å². The summed E-state index contributed by atoms with van der Waals surface area (Å²) in [5.74, 6) is -0.470. The molecule has 0 amide bonds. The standard InChI is InChI=1S/C25H20N4.C2H6.3CH3.6Y/c1-13-17-5-7-19-14(2)21-9-11-23-16(4)24-12-10-22-15(3)20-8-6-18(13)27(20)25(26(17)19,28(21)23)29(22)24;1-2;;;;;;;;;/h5-12H,1-4H3;1-2H3;3*1H3;;;;;;/q+2;;3*-1;;;;;;. The molecule has 194 valence electrons. The largest absolute Gasteiger partial charge is 0.553 e. The molecule has 8 heterocycles. The van der Waals surface area contributed by atoms with Crippen LogP contribution in [0.1, 0.15) is 52.9 Å². The maximum Gasteiger partial charge on any atom is 0.553 e. The molecule has 0 N–H and O–H groups in total. The summed E-state index contributed by atoms with van der Waals surface area (Å²) < 4.78 is 10.3. The zero-order chi connectivity index (χ0) is 21.4. The number of allylic oxidation sites excluding steroid dienone is 6. The van der Waals surface area contributed by atoms with E-state index in [0.29, 0.717) is 0 Å². The van der Waals surface area contributed by atoms with Gasteiger partial charge in [-0.05, 0) is 57.5 Å². The van der Waals surface area contributed by atoms with Crippen LogP contribution in [0.25, 0.3) is 16.7 Å². The van der Waals surface area contributed by atoms with E-state index < -0.39 is 5.91 Å². The van der Waals surface area contributed by atoms with Crippen molar-refractivity contribution in [3.05, 3.63) is 110 Å². The van der Waals surface area contributed by atoms with Gasteiger partial charge in [0.15, 0.2) is 0 Å². The van der Waals surface area contributed by atoms with Crippen molar-refractivity contribution < 1.29 is 205 Å². The van der Waals surface area contributed by atoms with Crippen LogP contribution in [0.2, 0.25) is 0 Å². The Morgan fingerprint density at radius 1 is 0.500 bits per heavy atom. The van der Waals surface area contributed by atoms with E-state index in [2.05, 4.69) is 94.5 Å². The van der Waals surface area contributed by atoms with E-state index in [1.54, 1.807) is 0 Å². The molecule has 6 aliphatic heterocycles. The fourth-order valence-electron chi connectivity index (χ4n) is 6.51. The van der Waals surface area contributed by atoms with Crippen molar-refractivity contribution in [1.29, 1.82) is 0 Å². The van der Waals surface area contributed by atoms with Crippen LogP contribution < -0.4 is 10.7 Å². The van der Waals surface area contributed by atoms with Crippen molar-refractivity contribution >= 4 is 28.1 Å².